The highest BCUT2D eigenvalue weighted by Crippen LogP contribution is 2.49. The van der Waals surface area contributed by atoms with Crippen LogP contribution in [0.5, 0.6) is 0 Å². The Balaban J connectivity index is 1.33. The summed E-state index contributed by atoms with van der Waals surface area (Å²) < 4.78 is 1.84. The van der Waals surface area contributed by atoms with E-state index >= 15 is 0 Å². The SMILES string of the molecule is Cn1cnc(C(=O)N(CCCCc2ccccc2)CC2C3CNCC32)c1. The van der Waals surface area contributed by atoms with Crippen LogP contribution in [0.2, 0.25) is 0 Å². The van der Waals surface area contributed by atoms with Crippen molar-refractivity contribution < 1.29 is 4.79 Å². The number of benzene rings is 1. The fraction of sp³-hybridized carbons (Fsp3) is 0.524. The number of hydrogen-bond acceptors (Lipinski definition) is 3. The number of imidazole rings is 1. The Kier molecular flexibility index (Phi) is 5.07. The number of fused-ring (bicyclic) bond motifs is 1. The molecule has 5 heteroatoms. The van der Waals surface area contributed by atoms with Crippen LogP contribution >= 0.6 is 0 Å². The quantitative estimate of drug-likeness (QED) is 0.742. The number of piperidine rings is 1. The molecular formula is C21H28N4O. The number of amides is 1. The lowest BCUT2D eigenvalue weighted by molar-refractivity contribution is 0.0733. The third-order valence-corrected chi connectivity index (χ3v) is 5.90. The molecule has 1 aromatic carbocycles. The first-order valence-electron chi connectivity index (χ1n) is 9.74. The Labute approximate surface area is 155 Å². The molecule has 138 valence electrons. The second-order valence-electron chi connectivity index (χ2n) is 7.77. The van der Waals surface area contributed by atoms with Crippen LogP contribution in [-0.2, 0) is 13.5 Å². The molecule has 2 unspecified atom stereocenters. The Morgan fingerprint density at radius 3 is 2.69 bits per heavy atom. The normalized spacial score (nSPS) is 23.7. The van der Waals surface area contributed by atoms with Gasteiger partial charge in [-0.05, 0) is 55.7 Å². The number of hydrogen-bond donors (Lipinski definition) is 1. The molecule has 0 radical (unpaired) electrons. The van der Waals surface area contributed by atoms with Gasteiger partial charge in [0.2, 0.25) is 0 Å². The van der Waals surface area contributed by atoms with Crippen molar-refractivity contribution in [3.8, 4) is 0 Å². The summed E-state index contributed by atoms with van der Waals surface area (Å²) in [6.45, 7) is 3.95. The van der Waals surface area contributed by atoms with Crippen molar-refractivity contribution >= 4 is 5.91 Å². The average molecular weight is 352 g/mol. The zero-order valence-corrected chi connectivity index (χ0v) is 15.5. The van der Waals surface area contributed by atoms with Crippen molar-refractivity contribution in [1.82, 2.24) is 19.8 Å². The number of carbonyl (C=O) groups is 1. The van der Waals surface area contributed by atoms with E-state index < -0.39 is 0 Å². The highest BCUT2D eigenvalue weighted by Gasteiger charge is 2.53. The number of carbonyl (C=O) groups excluding carboxylic acids is 1. The molecule has 1 saturated heterocycles. The Morgan fingerprint density at radius 2 is 2.00 bits per heavy atom. The van der Waals surface area contributed by atoms with Gasteiger partial charge >= 0.3 is 0 Å². The summed E-state index contributed by atoms with van der Waals surface area (Å²) >= 11 is 0. The van der Waals surface area contributed by atoms with E-state index in [0.717, 1.165) is 57.3 Å². The molecule has 4 rings (SSSR count). The number of rotatable bonds is 8. The van der Waals surface area contributed by atoms with Crippen LogP contribution in [0.25, 0.3) is 0 Å². The van der Waals surface area contributed by atoms with Gasteiger partial charge in [-0.15, -0.1) is 0 Å². The van der Waals surface area contributed by atoms with Crippen molar-refractivity contribution in [2.24, 2.45) is 24.8 Å². The van der Waals surface area contributed by atoms with Gasteiger partial charge in [-0.2, -0.15) is 0 Å². The van der Waals surface area contributed by atoms with E-state index in [1.807, 2.05) is 17.8 Å². The average Bonchev–Trinajstić information content (AvgIpc) is 3.02. The van der Waals surface area contributed by atoms with Gasteiger partial charge in [0.15, 0.2) is 0 Å². The third kappa shape index (κ3) is 3.83. The molecule has 2 atom stereocenters. The minimum atomic E-state index is 0.0863. The lowest BCUT2D eigenvalue weighted by Crippen LogP contribution is -2.35. The number of aryl methyl sites for hydroxylation is 2. The van der Waals surface area contributed by atoms with Gasteiger partial charge in [-0.1, -0.05) is 30.3 Å². The molecule has 2 aliphatic rings. The summed E-state index contributed by atoms with van der Waals surface area (Å²) in [6.07, 6.45) is 6.75. The topological polar surface area (TPSA) is 50.2 Å². The first-order valence-corrected chi connectivity index (χ1v) is 9.74. The highest BCUT2D eigenvalue weighted by molar-refractivity contribution is 5.92. The van der Waals surface area contributed by atoms with E-state index in [1.165, 1.54) is 5.56 Å². The minimum absolute atomic E-state index is 0.0863. The van der Waals surface area contributed by atoms with E-state index in [1.54, 1.807) is 6.33 Å². The summed E-state index contributed by atoms with van der Waals surface area (Å²) in [5, 5.41) is 3.44. The van der Waals surface area contributed by atoms with Crippen LogP contribution in [0, 0.1) is 17.8 Å². The fourth-order valence-electron chi connectivity index (χ4n) is 4.31. The third-order valence-electron chi connectivity index (χ3n) is 5.90. The number of aromatic nitrogens is 2. The van der Waals surface area contributed by atoms with Crippen LogP contribution in [0.1, 0.15) is 28.9 Å². The van der Waals surface area contributed by atoms with Gasteiger partial charge in [0.1, 0.15) is 5.69 Å². The molecule has 1 aromatic heterocycles. The lowest BCUT2D eigenvalue weighted by Gasteiger charge is -2.23. The van der Waals surface area contributed by atoms with Gasteiger partial charge in [0.25, 0.3) is 5.91 Å². The number of unbranched alkanes of at least 4 members (excludes halogenated alkanes) is 1. The van der Waals surface area contributed by atoms with Gasteiger partial charge in [0.05, 0.1) is 6.33 Å². The summed E-state index contributed by atoms with van der Waals surface area (Å²) in [5.41, 5.74) is 1.94. The minimum Gasteiger partial charge on any atom is -0.340 e. The van der Waals surface area contributed by atoms with Crippen molar-refractivity contribution in [2.75, 3.05) is 26.2 Å². The van der Waals surface area contributed by atoms with Crippen LogP contribution in [0.4, 0.5) is 0 Å². The van der Waals surface area contributed by atoms with Gasteiger partial charge in [0, 0.05) is 26.3 Å². The molecule has 1 saturated carbocycles. The van der Waals surface area contributed by atoms with Crippen molar-refractivity contribution in [2.45, 2.75) is 19.3 Å². The lowest BCUT2D eigenvalue weighted by atomic mass is 10.1. The molecule has 1 amide bonds. The molecule has 26 heavy (non-hydrogen) atoms. The van der Waals surface area contributed by atoms with Crippen LogP contribution in [0.3, 0.4) is 0 Å². The van der Waals surface area contributed by atoms with E-state index in [2.05, 4.69) is 45.5 Å². The summed E-state index contributed by atoms with van der Waals surface area (Å²) in [6, 6.07) is 10.6. The zero-order valence-electron chi connectivity index (χ0n) is 15.5. The second-order valence-corrected chi connectivity index (χ2v) is 7.77. The molecule has 0 spiro atoms. The van der Waals surface area contributed by atoms with E-state index in [9.17, 15) is 4.79 Å². The summed E-state index contributed by atoms with van der Waals surface area (Å²) in [5.74, 6) is 2.32. The molecule has 1 N–H and O–H groups in total. The van der Waals surface area contributed by atoms with Crippen molar-refractivity contribution in [1.29, 1.82) is 0 Å². The number of nitrogens with one attached hydrogen (secondary N) is 1. The van der Waals surface area contributed by atoms with Crippen molar-refractivity contribution in [3.05, 3.63) is 54.1 Å². The molecule has 2 fully saturated rings. The van der Waals surface area contributed by atoms with E-state index in [0.29, 0.717) is 11.6 Å². The Hall–Kier alpha value is -2.14. The molecule has 1 aliphatic heterocycles. The van der Waals surface area contributed by atoms with Gasteiger partial charge in [-0.25, -0.2) is 4.98 Å². The van der Waals surface area contributed by atoms with Gasteiger partial charge in [-0.3, -0.25) is 4.79 Å². The molecule has 2 aromatic rings. The largest absolute Gasteiger partial charge is 0.340 e. The van der Waals surface area contributed by atoms with Crippen LogP contribution < -0.4 is 5.32 Å². The predicted octanol–water partition coefficient (Wildman–Crippen LogP) is 2.35. The van der Waals surface area contributed by atoms with E-state index in [-0.39, 0.29) is 5.91 Å². The van der Waals surface area contributed by atoms with Crippen LogP contribution in [-0.4, -0.2) is 46.5 Å². The highest BCUT2D eigenvalue weighted by atomic mass is 16.2. The van der Waals surface area contributed by atoms with Gasteiger partial charge < -0.3 is 14.8 Å². The smallest absolute Gasteiger partial charge is 0.274 e. The molecule has 0 bridgehead atoms. The maximum Gasteiger partial charge on any atom is 0.274 e. The number of nitrogens with zero attached hydrogens (tertiary/aromatic N) is 3. The summed E-state index contributed by atoms with van der Waals surface area (Å²) in [7, 11) is 1.91. The molecule has 1 aliphatic carbocycles. The Bertz CT molecular complexity index is 731. The first kappa shape index (κ1) is 17.3. The zero-order chi connectivity index (χ0) is 17.9. The van der Waals surface area contributed by atoms with Crippen molar-refractivity contribution in [3.63, 3.8) is 0 Å². The fourth-order valence-corrected chi connectivity index (χ4v) is 4.31. The van der Waals surface area contributed by atoms with E-state index in [4.69, 9.17) is 0 Å². The maximum absolute atomic E-state index is 12.9. The molecule has 5 nitrogen and oxygen atoms in total. The van der Waals surface area contributed by atoms with Crippen LogP contribution in [0.15, 0.2) is 42.9 Å². The molecular weight excluding hydrogens is 324 g/mol. The first-order chi connectivity index (χ1) is 12.7. The maximum atomic E-state index is 12.9. The molecule has 2 heterocycles. The standard InChI is InChI=1S/C21H28N4O/c1-24-14-20(23-15-24)21(26)25(13-19-17-11-22-12-18(17)19)10-6-5-9-16-7-3-2-4-8-16/h2-4,7-8,14-15,17-19,22H,5-6,9-13H2,1H3. The summed E-state index contributed by atoms with van der Waals surface area (Å²) in [4.78, 5) is 19.3. The Morgan fingerprint density at radius 1 is 1.23 bits per heavy atom. The predicted molar refractivity (Wildman–Crippen MR) is 102 cm³/mol. The second kappa shape index (κ2) is 7.62. The monoisotopic (exact) mass is 352 g/mol.